The predicted molar refractivity (Wildman–Crippen MR) is 151 cm³/mol. The molecule has 11 nitrogen and oxygen atoms in total. The van der Waals surface area contributed by atoms with Gasteiger partial charge in [0.2, 0.25) is 11.5 Å². The van der Waals surface area contributed by atoms with Crippen LogP contribution in [-0.4, -0.2) is 50.4 Å². The molecule has 0 saturated carbocycles. The Bertz CT molecular complexity index is 1620. The molecule has 1 aliphatic rings. The van der Waals surface area contributed by atoms with E-state index >= 15 is 0 Å². The van der Waals surface area contributed by atoms with Gasteiger partial charge in [0.1, 0.15) is 17.3 Å². The maximum atomic E-state index is 15.0. The van der Waals surface area contributed by atoms with Crippen LogP contribution >= 0.6 is 0 Å². The maximum absolute atomic E-state index is 15.0. The highest BCUT2D eigenvalue weighted by atomic mass is 19.4. The largest absolute Gasteiger partial charge is 0.474 e. The van der Waals surface area contributed by atoms with E-state index in [1.807, 2.05) is 0 Å². The number of alkyl halides is 6. The van der Waals surface area contributed by atoms with Crippen LogP contribution in [0.1, 0.15) is 64.0 Å². The zero-order valence-corrected chi connectivity index (χ0v) is 25.5. The summed E-state index contributed by atoms with van der Waals surface area (Å²) in [6.07, 6.45) is -13.4. The first-order chi connectivity index (χ1) is 21.8. The van der Waals surface area contributed by atoms with Gasteiger partial charge >= 0.3 is 24.5 Å². The summed E-state index contributed by atoms with van der Waals surface area (Å²) < 4.78 is 109. The fraction of sp³-hybridized carbons (Fsp3) is 0.433. The minimum Gasteiger partial charge on any atom is -0.474 e. The Labute approximate surface area is 264 Å². The number of hydrogen-bond acceptors (Lipinski definition) is 9. The van der Waals surface area contributed by atoms with Crippen molar-refractivity contribution in [3.8, 4) is 17.5 Å². The summed E-state index contributed by atoms with van der Waals surface area (Å²) in [6.45, 7) is 4.96. The van der Waals surface area contributed by atoms with E-state index in [1.165, 1.54) is 52.0 Å². The number of pyridine rings is 1. The number of carboxylic acid groups (broad SMARTS) is 1. The minimum absolute atomic E-state index is 0.0441. The zero-order valence-electron chi connectivity index (χ0n) is 25.5. The van der Waals surface area contributed by atoms with Gasteiger partial charge in [0, 0.05) is 6.42 Å². The molecule has 2 aromatic heterocycles. The van der Waals surface area contributed by atoms with Crippen LogP contribution in [0.4, 0.5) is 41.6 Å². The van der Waals surface area contributed by atoms with E-state index in [9.17, 15) is 41.0 Å². The molecule has 1 aromatic carbocycles. The van der Waals surface area contributed by atoms with Crippen molar-refractivity contribution in [1.29, 1.82) is 0 Å². The quantitative estimate of drug-likeness (QED) is 0.214. The summed E-state index contributed by atoms with van der Waals surface area (Å²) in [6, 6.07) is 8.15. The van der Waals surface area contributed by atoms with Gasteiger partial charge in [-0.15, -0.1) is 10.2 Å². The molecular formula is C30H30F6N4O7. The van der Waals surface area contributed by atoms with Crippen molar-refractivity contribution < 1.29 is 59.7 Å². The highest BCUT2D eigenvalue weighted by Gasteiger charge is 2.61. The van der Waals surface area contributed by atoms with Gasteiger partial charge in [-0.1, -0.05) is 42.5 Å². The molecule has 0 spiro atoms. The molecular weight excluding hydrogens is 642 g/mol. The molecule has 3 heterocycles. The summed E-state index contributed by atoms with van der Waals surface area (Å²) in [5, 5.41) is 17.1. The van der Waals surface area contributed by atoms with Gasteiger partial charge in [-0.2, -0.15) is 31.2 Å². The van der Waals surface area contributed by atoms with Crippen LogP contribution in [0.5, 0.6) is 5.88 Å². The number of carbonyl (C=O) groups is 2. The summed E-state index contributed by atoms with van der Waals surface area (Å²) in [5.41, 5.74) is -7.75. The Balaban J connectivity index is 2.00. The molecule has 0 radical (unpaired) electrons. The summed E-state index contributed by atoms with van der Waals surface area (Å²) in [5.74, 6) is -3.17. The number of amides is 2. The van der Waals surface area contributed by atoms with Crippen LogP contribution in [-0.2, 0) is 27.9 Å². The number of allylic oxidation sites excluding steroid dienone is 1. The standard InChI is InChI=1S/C30H30F6N4O7/c1-17-11-7-6-10-14-28(30(34,35)36,44-16-18-12-8-5-9-13-18)24-39-38-23(46-24)21-20(15-19(29(31,32)33)22(37-21)45-17)40(25(41)42)26(43)47-27(2,3)4/h5-9,12-13,15,17H,10-11,14,16H2,1-4H3,(H,41,42)/t17-,28-/m1/s1. The lowest BCUT2D eigenvalue weighted by atomic mass is 9.95. The molecule has 3 aromatic rings. The van der Waals surface area contributed by atoms with Crippen LogP contribution in [0.15, 0.2) is 53.0 Å². The van der Waals surface area contributed by atoms with Crippen molar-refractivity contribution in [2.45, 2.75) is 83.2 Å². The van der Waals surface area contributed by atoms with Crippen LogP contribution in [0.25, 0.3) is 11.6 Å². The average Bonchev–Trinajstić information content (AvgIpc) is 3.43. The fourth-order valence-corrected chi connectivity index (χ4v) is 4.47. The molecule has 4 bridgehead atoms. The Morgan fingerprint density at radius 1 is 1.06 bits per heavy atom. The second-order valence-corrected chi connectivity index (χ2v) is 11.5. The third-order valence-corrected chi connectivity index (χ3v) is 6.65. The SMILES string of the molecule is C[C@@H]1CC=CCC[C@](OCc2ccccc2)(C(F)(F)F)c2nnc(o2)-c2nc(c(C(F)(F)F)cc2N(C(=O)O)C(=O)OC(C)(C)C)O1. The topological polar surface area (TPSA) is 137 Å². The number of carbonyl (C=O) groups excluding carboxylic acids is 1. The van der Waals surface area contributed by atoms with Gasteiger partial charge in [-0.3, -0.25) is 0 Å². The zero-order chi connectivity index (χ0) is 34.8. The fourth-order valence-electron chi connectivity index (χ4n) is 4.47. The lowest BCUT2D eigenvalue weighted by molar-refractivity contribution is -0.299. The number of rotatable bonds is 4. The monoisotopic (exact) mass is 672 g/mol. The lowest BCUT2D eigenvalue weighted by Crippen LogP contribution is -2.45. The molecule has 1 N–H and O–H groups in total. The van der Waals surface area contributed by atoms with E-state index in [2.05, 4.69) is 15.2 Å². The number of fused-ring (bicyclic) bond motifs is 5. The van der Waals surface area contributed by atoms with E-state index in [0.29, 0.717) is 5.56 Å². The first-order valence-electron chi connectivity index (χ1n) is 14.1. The van der Waals surface area contributed by atoms with E-state index in [1.54, 1.807) is 18.2 Å². The number of benzene rings is 1. The van der Waals surface area contributed by atoms with Gasteiger partial charge in [-0.25, -0.2) is 14.6 Å². The van der Waals surface area contributed by atoms with Crippen LogP contribution in [0, 0.1) is 0 Å². The molecule has 1 aliphatic heterocycles. The number of nitrogens with zero attached hydrogens (tertiary/aromatic N) is 4. The Morgan fingerprint density at radius 2 is 1.74 bits per heavy atom. The second kappa shape index (κ2) is 13.2. The number of anilines is 1. The molecule has 0 saturated heterocycles. The van der Waals surface area contributed by atoms with Crippen molar-refractivity contribution in [2.24, 2.45) is 0 Å². The van der Waals surface area contributed by atoms with Crippen molar-refractivity contribution in [1.82, 2.24) is 15.2 Å². The highest BCUT2D eigenvalue weighted by molar-refractivity contribution is 6.10. The third-order valence-electron chi connectivity index (χ3n) is 6.65. The minimum atomic E-state index is -5.20. The summed E-state index contributed by atoms with van der Waals surface area (Å²) >= 11 is 0. The molecule has 2 atom stereocenters. The predicted octanol–water partition coefficient (Wildman–Crippen LogP) is 8.05. The number of aromatic nitrogens is 3. The number of imide groups is 1. The van der Waals surface area contributed by atoms with E-state index < -0.39 is 89.5 Å². The molecule has 17 heteroatoms. The molecule has 4 rings (SSSR count). The number of halogens is 6. The Morgan fingerprint density at radius 3 is 2.34 bits per heavy atom. The number of ether oxygens (including phenoxy) is 3. The first-order valence-corrected chi connectivity index (χ1v) is 14.1. The molecule has 47 heavy (non-hydrogen) atoms. The average molecular weight is 673 g/mol. The van der Waals surface area contributed by atoms with Gasteiger partial charge in [0.15, 0.2) is 5.69 Å². The maximum Gasteiger partial charge on any atom is 0.426 e. The molecule has 0 aliphatic carbocycles. The van der Waals surface area contributed by atoms with Crippen LogP contribution in [0.2, 0.25) is 0 Å². The number of hydrogen-bond donors (Lipinski definition) is 1. The van der Waals surface area contributed by atoms with Gasteiger partial charge < -0.3 is 23.7 Å². The highest BCUT2D eigenvalue weighted by Crippen LogP contribution is 2.48. The van der Waals surface area contributed by atoms with Crippen LogP contribution in [0.3, 0.4) is 0 Å². The Hall–Kier alpha value is -4.67. The Kier molecular flexibility index (Phi) is 9.89. The van der Waals surface area contributed by atoms with Gasteiger partial charge in [0.25, 0.3) is 11.8 Å². The summed E-state index contributed by atoms with van der Waals surface area (Å²) in [4.78, 5) is 28.9. The molecule has 0 fully saturated rings. The van der Waals surface area contributed by atoms with Crippen molar-refractivity contribution in [3.63, 3.8) is 0 Å². The van der Waals surface area contributed by atoms with Crippen LogP contribution < -0.4 is 9.64 Å². The normalized spacial score (nSPS) is 19.0. The first kappa shape index (κ1) is 35.2. The molecule has 254 valence electrons. The van der Waals surface area contributed by atoms with Crippen molar-refractivity contribution >= 4 is 17.9 Å². The smallest absolute Gasteiger partial charge is 0.426 e. The van der Waals surface area contributed by atoms with Crippen molar-refractivity contribution in [3.05, 3.63) is 65.6 Å². The van der Waals surface area contributed by atoms with Crippen molar-refractivity contribution in [2.75, 3.05) is 4.90 Å². The van der Waals surface area contributed by atoms with Gasteiger partial charge in [-0.05, 0) is 52.2 Å². The third kappa shape index (κ3) is 8.01. The van der Waals surface area contributed by atoms with E-state index in [-0.39, 0.29) is 23.8 Å². The summed E-state index contributed by atoms with van der Waals surface area (Å²) in [7, 11) is 0. The molecule has 2 amide bonds. The van der Waals surface area contributed by atoms with Gasteiger partial charge in [0.05, 0.1) is 12.3 Å². The van der Waals surface area contributed by atoms with E-state index in [0.717, 1.165) is 0 Å². The second-order valence-electron chi connectivity index (χ2n) is 11.5. The lowest BCUT2D eigenvalue weighted by Gasteiger charge is -2.32. The molecule has 0 unspecified atom stereocenters. The van der Waals surface area contributed by atoms with E-state index in [4.69, 9.17) is 18.6 Å².